The Morgan fingerprint density at radius 3 is 2.54 bits per heavy atom. The quantitative estimate of drug-likeness (QED) is 0.272. The Morgan fingerprint density at radius 2 is 1.79 bits per heavy atom. The average molecular weight is 528 g/mol. The second-order valence-electron chi connectivity index (χ2n) is 10.2. The van der Waals surface area contributed by atoms with Crippen molar-refractivity contribution in [2.75, 3.05) is 47.5 Å². The normalized spacial score (nSPS) is 15.0. The number of carbonyl (C=O) groups excluding carboxylic acids is 1. The minimum Gasteiger partial charge on any atom is -0.497 e. The number of nitrogens with one attached hydrogen (secondary N) is 1. The van der Waals surface area contributed by atoms with Gasteiger partial charge in [-0.1, -0.05) is 42.5 Å². The molecule has 5 rings (SSSR count). The molecule has 3 aromatic carbocycles. The number of amides is 1. The van der Waals surface area contributed by atoms with Crippen LogP contribution < -0.4 is 9.47 Å². The number of aromatic nitrogens is 1. The Morgan fingerprint density at radius 1 is 1.03 bits per heavy atom. The van der Waals surface area contributed by atoms with Crippen LogP contribution >= 0.6 is 0 Å². The van der Waals surface area contributed by atoms with Crippen LogP contribution in [-0.4, -0.2) is 68.2 Å². The smallest absolute Gasteiger partial charge is 0.249 e. The zero-order valence-electron chi connectivity index (χ0n) is 23.0. The lowest BCUT2D eigenvalue weighted by Crippen LogP contribution is -2.42. The van der Waals surface area contributed by atoms with Crippen LogP contribution in [0.5, 0.6) is 11.5 Å². The Hall–Kier alpha value is -3.81. The number of methoxy groups -OCH3 is 1. The standard InChI is InChI=1S/C32H37N3O4/c1-34(2)17-7-19-39-25-12-10-24(11-13-25)32-31-27(28-20-26(37-3)14-15-29(28)33-31)16-18-35(32)30(36)22-38-21-23-8-5-4-6-9-23/h4-6,8-15,20,32-33H,7,16-19,21-22H2,1-3H3. The molecule has 204 valence electrons. The number of aromatic amines is 1. The maximum atomic E-state index is 13.5. The third-order valence-corrected chi connectivity index (χ3v) is 7.21. The second kappa shape index (κ2) is 12.4. The van der Waals surface area contributed by atoms with Crippen molar-refractivity contribution in [2.45, 2.75) is 25.5 Å². The molecule has 7 nitrogen and oxygen atoms in total. The topological polar surface area (TPSA) is 67.0 Å². The first-order chi connectivity index (χ1) is 19.0. The molecule has 1 unspecified atom stereocenters. The zero-order valence-corrected chi connectivity index (χ0v) is 23.0. The molecule has 0 spiro atoms. The molecule has 1 aliphatic rings. The van der Waals surface area contributed by atoms with E-state index in [9.17, 15) is 4.79 Å². The second-order valence-corrected chi connectivity index (χ2v) is 10.2. The number of rotatable bonds is 11. The first-order valence-electron chi connectivity index (χ1n) is 13.5. The first kappa shape index (κ1) is 26.8. The van der Waals surface area contributed by atoms with Crippen LogP contribution in [0.25, 0.3) is 10.9 Å². The minimum absolute atomic E-state index is 0.0261. The number of ether oxygens (including phenoxy) is 3. The number of hydrogen-bond acceptors (Lipinski definition) is 5. The summed E-state index contributed by atoms with van der Waals surface area (Å²) < 4.78 is 17.3. The number of fused-ring (bicyclic) bond motifs is 3. The largest absolute Gasteiger partial charge is 0.497 e. The highest BCUT2D eigenvalue weighted by molar-refractivity contribution is 5.88. The van der Waals surface area contributed by atoms with E-state index in [1.54, 1.807) is 7.11 Å². The van der Waals surface area contributed by atoms with Crippen molar-refractivity contribution >= 4 is 16.8 Å². The van der Waals surface area contributed by atoms with E-state index in [1.165, 1.54) is 5.56 Å². The van der Waals surface area contributed by atoms with Gasteiger partial charge in [0.25, 0.3) is 0 Å². The van der Waals surface area contributed by atoms with Gasteiger partial charge in [0, 0.05) is 29.7 Å². The molecule has 0 radical (unpaired) electrons. The molecule has 0 fully saturated rings. The monoisotopic (exact) mass is 527 g/mol. The van der Waals surface area contributed by atoms with Gasteiger partial charge in [0.1, 0.15) is 18.1 Å². The molecule has 0 bridgehead atoms. The highest BCUT2D eigenvalue weighted by Gasteiger charge is 2.34. The van der Waals surface area contributed by atoms with Crippen molar-refractivity contribution < 1.29 is 19.0 Å². The lowest BCUT2D eigenvalue weighted by molar-refractivity contribution is -0.138. The summed E-state index contributed by atoms with van der Waals surface area (Å²) >= 11 is 0. The molecule has 1 aliphatic heterocycles. The van der Waals surface area contributed by atoms with Gasteiger partial charge in [-0.15, -0.1) is 0 Å². The van der Waals surface area contributed by atoms with E-state index in [0.717, 1.165) is 58.6 Å². The number of hydrogen-bond donors (Lipinski definition) is 1. The molecular formula is C32H37N3O4. The molecule has 1 atom stereocenters. The van der Waals surface area contributed by atoms with Crippen LogP contribution in [0.2, 0.25) is 0 Å². The molecule has 0 aliphatic carbocycles. The van der Waals surface area contributed by atoms with Gasteiger partial charge in [-0.2, -0.15) is 0 Å². The maximum absolute atomic E-state index is 13.5. The predicted octanol–water partition coefficient (Wildman–Crippen LogP) is 5.20. The highest BCUT2D eigenvalue weighted by atomic mass is 16.5. The van der Waals surface area contributed by atoms with Crippen LogP contribution in [0, 0.1) is 0 Å². The van der Waals surface area contributed by atoms with E-state index in [1.807, 2.05) is 59.5 Å². The zero-order chi connectivity index (χ0) is 27.2. The van der Waals surface area contributed by atoms with Crippen molar-refractivity contribution in [3.63, 3.8) is 0 Å². The van der Waals surface area contributed by atoms with Gasteiger partial charge in [-0.05, 0) is 74.0 Å². The third-order valence-electron chi connectivity index (χ3n) is 7.21. The molecule has 39 heavy (non-hydrogen) atoms. The van der Waals surface area contributed by atoms with Crippen molar-refractivity contribution in [1.82, 2.24) is 14.8 Å². The maximum Gasteiger partial charge on any atom is 0.249 e. The fourth-order valence-corrected chi connectivity index (χ4v) is 5.24. The lowest BCUT2D eigenvalue weighted by atomic mass is 9.92. The summed E-state index contributed by atoms with van der Waals surface area (Å²) in [5, 5.41) is 1.14. The van der Waals surface area contributed by atoms with Crippen LogP contribution in [0.4, 0.5) is 0 Å². The Labute approximate surface area is 230 Å². The molecule has 1 amide bonds. The molecule has 4 aromatic rings. The van der Waals surface area contributed by atoms with Crippen molar-refractivity contribution in [3.05, 3.63) is 95.2 Å². The summed E-state index contributed by atoms with van der Waals surface area (Å²) in [4.78, 5) is 21.2. The van der Waals surface area contributed by atoms with Crippen molar-refractivity contribution in [2.24, 2.45) is 0 Å². The van der Waals surface area contributed by atoms with Crippen LogP contribution in [0.1, 0.15) is 34.8 Å². The van der Waals surface area contributed by atoms with E-state index < -0.39 is 0 Å². The van der Waals surface area contributed by atoms with Crippen LogP contribution in [-0.2, 0) is 22.6 Å². The fraction of sp³-hybridized carbons (Fsp3) is 0.344. The molecule has 0 saturated carbocycles. The van der Waals surface area contributed by atoms with E-state index in [4.69, 9.17) is 14.2 Å². The van der Waals surface area contributed by atoms with Crippen LogP contribution in [0.3, 0.4) is 0 Å². The summed E-state index contributed by atoms with van der Waals surface area (Å²) in [5.41, 5.74) is 5.40. The lowest BCUT2D eigenvalue weighted by Gasteiger charge is -2.36. The van der Waals surface area contributed by atoms with Crippen LogP contribution in [0.15, 0.2) is 72.8 Å². The third kappa shape index (κ3) is 6.27. The van der Waals surface area contributed by atoms with Crippen molar-refractivity contribution in [3.8, 4) is 11.5 Å². The summed E-state index contributed by atoms with van der Waals surface area (Å²) in [5.74, 6) is 1.63. The van der Waals surface area contributed by atoms with E-state index >= 15 is 0 Å². The Bertz CT molecular complexity index is 1380. The number of nitrogens with zero attached hydrogens (tertiary/aromatic N) is 2. The average Bonchev–Trinajstić information content (AvgIpc) is 3.33. The molecule has 7 heteroatoms. The van der Waals surface area contributed by atoms with Gasteiger partial charge in [-0.25, -0.2) is 0 Å². The summed E-state index contributed by atoms with van der Waals surface area (Å²) in [6.07, 6.45) is 1.72. The molecule has 1 N–H and O–H groups in total. The fourth-order valence-electron chi connectivity index (χ4n) is 5.24. The number of carbonyl (C=O) groups is 1. The summed E-state index contributed by atoms with van der Waals surface area (Å²) in [6.45, 7) is 2.69. The van der Waals surface area contributed by atoms with E-state index in [-0.39, 0.29) is 18.6 Å². The Kier molecular flexibility index (Phi) is 8.49. The van der Waals surface area contributed by atoms with Gasteiger partial charge in [0.2, 0.25) is 5.91 Å². The first-order valence-corrected chi connectivity index (χ1v) is 13.5. The number of benzene rings is 3. The Balaban J connectivity index is 1.39. The van der Waals surface area contributed by atoms with Gasteiger partial charge >= 0.3 is 0 Å². The summed E-state index contributed by atoms with van der Waals surface area (Å²) in [6, 6.07) is 23.9. The van der Waals surface area contributed by atoms with Gasteiger partial charge in [0.05, 0.1) is 26.4 Å². The SMILES string of the molecule is COc1ccc2[nH]c3c(c2c1)CCN(C(=O)COCc1ccccc1)C3c1ccc(OCCCN(C)C)cc1. The van der Waals surface area contributed by atoms with Gasteiger partial charge < -0.3 is 29.0 Å². The van der Waals surface area contributed by atoms with Crippen molar-refractivity contribution in [1.29, 1.82) is 0 Å². The van der Waals surface area contributed by atoms with Gasteiger partial charge in [-0.3, -0.25) is 4.79 Å². The predicted molar refractivity (Wildman–Crippen MR) is 153 cm³/mol. The molecule has 1 aromatic heterocycles. The summed E-state index contributed by atoms with van der Waals surface area (Å²) in [7, 11) is 5.81. The van der Waals surface area contributed by atoms with E-state index in [2.05, 4.69) is 42.2 Å². The minimum atomic E-state index is -0.247. The highest BCUT2D eigenvalue weighted by Crippen LogP contribution is 2.39. The van der Waals surface area contributed by atoms with Gasteiger partial charge in [0.15, 0.2) is 0 Å². The van der Waals surface area contributed by atoms with E-state index in [0.29, 0.717) is 19.8 Å². The molecular weight excluding hydrogens is 490 g/mol. The number of H-pyrrole nitrogens is 1. The molecule has 2 heterocycles. The molecule has 0 saturated heterocycles.